The van der Waals surface area contributed by atoms with Crippen LogP contribution in [-0.2, 0) is 6.54 Å². The number of anilines is 1. The second-order valence-corrected chi connectivity index (χ2v) is 4.53. The number of benzene rings is 1. The molecule has 0 radical (unpaired) electrons. The maximum absolute atomic E-state index is 4.47. The van der Waals surface area contributed by atoms with Gasteiger partial charge in [-0.2, -0.15) is 0 Å². The van der Waals surface area contributed by atoms with E-state index in [1.807, 2.05) is 6.07 Å². The van der Waals surface area contributed by atoms with Gasteiger partial charge in [-0.15, -0.1) is 12.6 Å². The molecule has 82 valence electrons. The lowest BCUT2D eigenvalue weighted by atomic mass is 10.2. The van der Waals surface area contributed by atoms with E-state index in [1.165, 1.54) is 30.5 Å². The van der Waals surface area contributed by atoms with Crippen molar-refractivity contribution in [3.05, 3.63) is 23.8 Å². The number of hydrogen-bond donors (Lipinski definition) is 2. The van der Waals surface area contributed by atoms with Crippen molar-refractivity contribution in [1.29, 1.82) is 0 Å². The second kappa shape index (κ2) is 4.90. The number of hydrazine groups is 1. The molecular weight excluding hydrogens is 204 g/mol. The summed E-state index contributed by atoms with van der Waals surface area (Å²) in [6.07, 6.45) is 3.85. The summed E-state index contributed by atoms with van der Waals surface area (Å²) in [4.78, 5) is 1.10. The minimum absolute atomic E-state index is 0.985. The third-order valence-corrected chi connectivity index (χ3v) is 3.23. The monoisotopic (exact) mass is 222 g/mol. The highest BCUT2D eigenvalue weighted by Gasteiger charge is 2.18. The van der Waals surface area contributed by atoms with E-state index in [1.54, 1.807) is 0 Å². The molecule has 0 bridgehead atoms. The van der Waals surface area contributed by atoms with E-state index in [-0.39, 0.29) is 0 Å². The lowest BCUT2D eigenvalue weighted by molar-refractivity contribution is 0.332. The predicted molar refractivity (Wildman–Crippen MR) is 67.3 cm³/mol. The average molecular weight is 222 g/mol. The van der Waals surface area contributed by atoms with Gasteiger partial charge in [0.15, 0.2) is 0 Å². The summed E-state index contributed by atoms with van der Waals surface area (Å²) < 4.78 is 0. The molecule has 0 aromatic heterocycles. The molecule has 0 saturated heterocycles. The van der Waals surface area contributed by atoms with Gasteiger partial charge in [0.05, 0.1) is 5.69 Å². The maximum Gasteiger partial charge on any atom is 0.0547 e. The zero-order chi connectivity index (χ0) is 10.7. The van der Waals surface area contributed by atoms with Gasteiger partial charge in [-0.1, -0.05) is 25.8 Å². The fraction of sp³-hybridized carbons (Fsp3) is 0.500. The van der Waals surface area contributed by atoms with Crippen LogP contribution in [0.15, 0.2) is 23.1 Å². The van der Waals surface area contributed by atoms with Crippen LogP contribution in [0.4, 0.5) is 5.69 Å². The van der Waals surface area contributed by atoms with Crippen LogP contribution < -0.4 is 5.43 Å². The molecule has 0 saturated carbocycles. The van der Waals surface area contributed by atoms with Crippen LogP contribution in [-0.4, -0.2) is 11.6 Å². The van der Waals surface area contributed by atoms with Crippen LogP contribution in [0.5, 0.6) is 0 Å². The smallest absolute Gasteiger partial charge is 0.0547 e. The number of nitrogens with zero attached hydrogens (tertiary/aromatic N) is 1. The van der Waals surface area contributed by atoms with Crippen molar-refractivity contribution in [3.63, 3.8) is 0 Å². The third kappa shape index (κ3) is 2.47. The van der Waals surface area contributed by atoms with Crippen LogP contribution in [0.25, 0.3) is 0 Å². The standard InChI is InChI=1S/C12H18N2S/c1-2-3-4-8-14-9-10-11(13-14)6-5-7-12(10)15/h5-7,13,15H,2-4,8-9H2,1H3. The first-order chi connectivity index (χ1) is 7.31. The van der Waals surface area contributed by atoms with Crippen LogP contribution in [0.1, 0.15) is 31.7 Å². The van der Waals surface area contributed by atoms with Crippen LogP contribution >= 0.6 is 12.6 Å². The maximum atomic E-state index is 4.47. The molecule has 1 aliphatic rings. The van der Waals surface area contributed by atoms with Crippen LogP contribution in [0.3, 0.4) is 0 Å². The van der Waals surface area contributed by atoms with Crippen molar-refractivity contribution in [2.45, 2.75) is 37.6 Å². The van der Waals surface area contributed by atoms with E-state index in [0.29, 0.717) is 0 Å². The van der Waals surface area contributed by atoms with Crippen molar-refractivity contribution in [2.24, 2.45) is 0 Å². The number of hydrogen-bond acceptors (Lipinski definition) is 3. The van der Waals surface area contributed by atoms with E-state index >= 15 is 0 Å². The zero-order valence-electron chi connectivity index (χ0n) is 9.16. The summed E-state index contributed by atoms with van der Waals surface area (Å²) >= 11 is 4.47. The Morgan fingerprint density at radius 3 is 3.00 bits per heavy atom. The normalized spacial score (nSPS) is 15.1. The molecule has 1 aromatic rings. The summed E-state index contributed by atoms with van der Waals surface area (Å²) in [5.41, 5.74) is 5.97. The lowest BCUT2D eigenvalue weighted by Crippen LogP contribution is -2.24. The fourth-order valence-corrected chi connectivity index (χ4v) is 2.21. The molecule has 0 spiro atoms. The molecule has 15 heavy (non-hydrogen) atoms. The lowest BCUT2D eigenvalue weighted by Gasteiger charge is -2.15. The summed E-state index contributed by atoms with van der Waals surface area (Å²) in [5.74, 6) is 0. The number of thiol groups is 1. The zero-order valence-corrected chi connectivity index (χ0v) is 10.1. The van der Waals surface area contributed by atoms with Crippen molar-refractivity contribution in [3.8, 4) is 0 Å². The minimum Gasteiger partial charge on any atom is -0.318 e. The van der Waals surface area contributed by atoms with E-state index in [4.69, 9.17) is 0 Å². The molecule has 2 rings (SSSR count). The summed E-state index contributed by atoms with van der Waals surface area (Å²) in [7, 11) is 0. The van der Waals surface area contributed by atoms with Crippen molar-refractivity contribution in [1.82, 2.24) is 5.01 Å². The third-order valence-electron chi connectivity index (χ3n) is 2.81. The quantitative estimate of drug-likeness (QED) is 0.600. The Morgan fingerprint density at radius 2 is 2.27 bits per heavy atom. The van der Waals surface area contributed by atoms with Gasteiger partial charge in [0.1, 0.15) is 0 Å². The SMILES string of the molecule is CCCCCN1Cc2c(S)cccc2N1. The van der Waals surface area contributed by atoms with Gasteiger partial charge in [0.2, 0.25) is 0 Å². The Hall–Kier alpha value is -0.670. The Kier molecular flexibility index (Phi) is 3.54. The van der Waals surface area contributed by atoms with Crippen molar-refractivity contribution < 1.29 is 0 Å². The fourth-order valence-electron chi connectivity index (χ4n) is 1.93. The van der Waals surface area contributed by atoms with Crippen LogP contribution in [0.2, 0.25) is 0 Å². The molecule has 0 aliphatic carbocycles. The molecule has 0 amide bonds. The molecule has 0 unspecified atom stereocenters. The van der Waals surface area contributed by atoms with Gasteiger partial charge >= 0.3 is 0 Å². The highest BCUT2D eigenvalue weighted by atomic mass is 32.1. The molecule has 0 atom stereocenters. The Morgan fingerprint density at radius 1 is 1.40 bits per heavy atom. The highest BCUT2D eigenvalue weighted by Crippen LogP contribution is 2.30. The minimum atomic E-state index is 0.985. The van der Waals surface area contributed by atoms with Crippen molar-refractivity contribution >= 4 is 18.3 Å². The second-order valence-electron chi connectivity index (χ2n) is 4.04. The van der Waals surface area contributed by atoms with Gasteiger partial charge in [0.25, 0.3) is 0 Å². The largest absolute Gasteiger partial charge is 0.318 e. The molecule has 2 nitrogen and oxygen atoms in total. The average Bonchev–Trinajstić information content (AvgIpc) is 2.63. The van der Waals surface area contributed by atoms with E-state index in [0.717, 1.165) is 18.0 Å². The number of nitrogens with one attached hydrogen (secondary N) is 1. The molecule has 1 N–H and O–H groups in total. The first-order valence-electron chi connectivity index (χ1n) is 5.63. The summed E-state index contributed by atoms with van der Waals surface area (Å²) in [5, 5.41) is 2.28. The molecule has 1 heterocycles. The molecule has 0 fully saturated rings. The molecule has 1 aromatic carbocycles. The predicted octanol–water partition coefficient (Wildman–Crippen LogP) is 3.31. The van der Waals surface area contributed by atoms with Gasteiger partial charge in [-0.3, -0.25) is 0 Å². The van der Waals surface area contributed by atoms with E-state index in [9.17, 15) is 0 Å². The van der Waals surface area contributed by atoms with Gasteiger partial charge in [-0.25, -0.2) is 5.01 Å². The molecule has 1 aliphatic heterocycles. The first-order valence-corrected chi connectivity index (χ1v) is 6.08. The van der Waals surface area contributed by atoms with Crippen molar-refractivity contribution in [2.75, 3.05) is 12.0 Å². The highest BCUT2D eigenvalue weighted by molar-refractivity contribution is 7.80. The van der Waals surface area contributed by atoms with E-state index < -0.39 is 0 Å². The molecule has 3 heteroatoms. The first kappa shape index (κ1) is 10.8. The topological polar surface area (TPSA) is 15.3 Å². The Labute approximate surface area is 97.1 Å². The van der Waals surface area contributed by atoms with Gasteiger partial charge < -0.3 is 5.43 Å². The summed E-state index contributed by atoms with van der Waals surface area (Å²) in [6, 6.07) is 6.22. The number of fused-ring (bicyclic) bond motifs is 1. The number of rotatable bonds is 4. The molecular formula is C12H18N2S. The van der Waals surface area contributed by atoms with Gasteiger partial charge in [0, 0.05) is 23.5 Å². The summed E-state index contributed by atoms with van der Waals surface area (Å²) in [6.45, 7) is 4.34. The number of unbranched alkanes of at least 4 members (excludes halogenated alkanes) is 2. The van der Waals surface area contributed by atoms with E-state index in [2.05, 4.69) is 42.1 Å². The van der Waals surface area contributed by atoms with Gasteiger partial charge in [-0.05, 0) is 18.6 Å². The van der Waals surface area contributed by atoms with Crippen LogP contribution in [0, 0.1) is 0 Å². The Bertz CT molecular complexity index is 338. The Balaban J connectivity index is 1.94.